The second-order valence-electron chi connectivity index (χ2n) is 6.09. The van der Waals surface area contributed by atoms with Gasteiger partial charge in [-0.25, -0.2) is 14.2 Å². The molecule has 0 atom stereocenters. The molecule has 2 heterocycles. The minimum absolute atomic E-state index is 0.163. The molecule has 0 aliphatic carbocycles. The Morgan fingerprint density at radius 2 is 2.07 bits per heavy atom. The first kappa shape index (κ1) is 17.5. The highest BCUT2D eigenvalue weighted by molar-refractivity contribution is 7.22. The summed E-state index contributed by atoms with van der Waals surface area (Å²) in [5.41, 5.74) is 0.767. The van der Waals surface area contributed by atoms with E-state index < -0.39 is 5.97 Å². The highest BCUT2D eigenvalue weighted by Crippen LogP contribution is 2.32. The van der Waals surface area contributed by atoms with Gasteiger partial charge in [-0.05, 0) is 30.3 Å². The van der Waals surface area contributed by atoms with Crippen molar-refractivity contribution in [3.8, 4) is 11.5 Å². The fraction of sp³-hybridized carbons (Fsp3) is 0.263. The Hall–Kier alpha value is -2.87. The number of rotatable bonds is 6. The molecule has 1 aromatic heterocycles. The monoisotopic (exact) mass is 388 g/mol. The lowest BCUT2D eigenvalue weighted by atomic mass is 10.2. The Morgan fingerprint density at radius 3 is 2.89 bits per heavy atom. The molecular weight excluding hydrogens is 371 g/mol. The molecule has 2 aromatic carbocycles. The molecule has 4 rings (SSSR count). The van der Waals surface area contributed by atoms with E-state index in [0.717, 1.165) is 15.3 Å². The van der Waals surface area contributed by atoms with Crippen LogP contribution >= 0.6 is 11.3 Å². The fourth-order valence-corrected chi connectivity index (χ4v) is 3.75. The summed E-state index contributed by atoms with van der Waals surface area (Å²) in [4.78, 5) is 18.4. The largest absolute Gasteiger partial charge is 0.497 e. The molecule has 8 heteroatoms. The first-order chi connectivity index (χ1) is 13.1. The summed E-state index contributed by atoms with van der Waals surface area (Å²) in [6.45, 7) is 0.963. The number of methoxy groups -OCH3 is 1. The molecule has 27 heavy (non-hydrogen) atoms. The maximum absolute atomic E-state index is 13.3. The third kappa shape index (κ3) is 3.95. The molecule has 1 aliphatic rings. The predicted octanol–water partition coefficient (Wildman–Crippen LogP) is 3.25. The van der Waals surface area contributed by atoms with Gasteiger partial charge < -0.3 is 19.1 Å². The van der Waals surface area contributed by atoms with Crippen LogP contribution in [-0.2, 0) is 9.53 Å². The standard InChI is InChI=1S/C19H17FN2O4S/c1-24-13-3-2-4-14(8-13)25-11-18(23)26-15-9-22(10-15)19-21-16-6-5-12(20)7-17(16)27-19/h2-8,15H,9-11H2,1H3. The van der Waals surface area contributed by atoms with Gasteiger partial charge in [0.1, 0.15) is 23.4 Å². The molecule has 0 unspecified atom stereocenters. The molecule has 0 spiro atoms. The van der Waals surface area contributed by atoms with E-state index in [-0.39, 0.29) is 18.5 Å². The summed E-state index contributed by atoms with van der Waals surface area (Å²) in [6, 6.07) is 11.6. The molecular formula is C19H17FN2O4S. The highest BCUT2D eigenvalue weighted by atomic mass is 32.1. The number of anilines is 1. The number of halogens is 1. The van der Waals surface area contributed by atoms with Gasteiger partial charge >= 0.3 is 5.97 Å². The van der Waals surface area contributed by atoms with Crippen LogP contribution < -0.4 is 14.4 Å². The van der Waals surface area contributed by atoms with Gasteiger partial charge in [0.05, 0.1) is 30.4 Å². The number of fused-ring (bicyclic) bond motifs is 1. The van der Waals surface area contributed by atoms with Crippen molar-refractivity contribution >= 4 is 32.7 Å². The zero-order valence-electron chi connectivity index (χ0n) is 14.6. The van der Waals surface area contributed by atoms with Crippen molar-refractivity contribution in [2.45, 2.75) is 6.10 Å². The van der Waals surface area contributed by atoms with Crippen LogP contribution in [0.3, 0.4) is 0 Å². The van der Waals surface area contributed by atoms with E-state index in [4.69, 9.17) is 14.2 Å². The molecule has 0 saturated carbocycles. The summed E-state index contributed by atoms with van der Waals surface area (Å²) in [7, 11) is 1.57. The van der Waals surface area contributed by atoms with Crippen LogP contribution in [-0.4, -0.2) is 43.9 Å². The topological polar surface area (TPSA) is 60.9 Å². The lowest BCUT2D eigenvalue weighted by molar-refractivity contribution is -0.152. The third-order valence-electron chi connectivity index (χ3n) is 4.15. The summed E-state index contributed by atoms with van der Waals surface area (Å²) >= 11 is 1.43. The summed E-state index contributed by atoms with van der Waals surface area (Å²) in [6.07, 6.45) is -0.199. The van der Waals surface area contributed by atoms with Crippen molar-refractivity contribution < 1.29 is 23.4 Å². The Kier molecular flexibility index (Phi) is 4.81. The first-order valence-corrected chi connectivity index (χ1v) is 9.20. The summed E-state index contributed by atoms with van der Waals surface area (Å²) in [5, 5.41) is 0.801. The van der Waals surface area contributed by atoms with Gasteiger partial charge in [0.25, 0.3) is 0 Å². The minimum Gasteiger partial charge on any atom is -0.497 e. The second kappa shape index (κ2) is 7.40. The Morgan fingerprint density at radius 1 is 1.26 bits per heavy atom. The number of esters is 1. The van der Waals surface area contributed by atoms with Gasteiger partial charge in [-0.1, -0.05) is 17.4 Å². The van der Waals surface area contributed by atoms with E-state index in [1.807, 2.05) is 4.90 Å². The average molecular weight is 388 g/mol. The summed E-state index contributed by atoms with van der Waals surface area (Å²) < 4.78 is 30.0. The number of hydrogen-bond acceptors (Lipinski definition) is 7. The Labute approximate surface area is 159 Å². The quantitative estimate of drug-likeness (QED) is 0.604. The highest BCUT2D eigenvalue weighted by Gasteiger charge is 2.32. The lowest BCUT2D eigenvalue weighted by Crippen LogP contribution is -2.53. The second-order valence-corrected chi connectivity index (χ2v) is 7.10. The third-order valence-corrected chi connectivity index (χ3v) is 5.23. The molecule has 1 aliphatic heterocycles. The molecule has 1 saturated heterocycles. The van der Waals surface area contributed by atoms with Gasteiger partial charge in [0.2, 0.25) is 0 Å². The molecule has 0 N–H and O–H groups in total. The van der Waals surface area contributed by atoms with E-state index in [9.17, 15) is 9.18 Å². The number of hydrogen-bond donors (Lipinski definition) is 0. The van der Waals surface area contributed by atoms with E-state index in [2.05, 4.69) is 4.98 Å². The van der Waals surface area contributed by atoms with Crippen molar-refractivity contribution in [1.29, 1.82) is 0 Å². The van der Waals surface area contributed by atoms with Gasteiger partial charge in [-0.15, -0.1) is 0 Å². The van der Waals surface area contributed by atoms with Crippen molar-refractivity contribution in [1.82, 2.24) is 4.98 Å². The van der Waals surface area contributed by atoms with Crippen molar-refractivity contribution in [2.75, 3.05) is 31.7 Å². The van der Waals surface area contributed by atoms with Crippen LogP contribution in [0.25, 0.3) is 10.2 Å². The zero-order chi connectivity index (χ0) is 18.8. The van der Waals surface area contributed by atoms with E-state index >= 15 is 0 Å². The van der Waals surface area contributed by atoms with Crippen molar-refractivity contribution in [3.05, 3.63) is 48.3 Å². The van der Waals surface area contributed by atoms with E-state index in [0.29, 0.717) is 24.6 Å². The lowest BCUT2D eigenvalue weighted by Gasteiger charge is -2.38. The molecule has 0 radical (unpaired) electrons. The number of carbonyl (C=O) groups is 1. The van der Waals surface area contributed by atoms with Crippen molar-refractivity contribution in [3.63, 3.8) is 0 Å². The number of ether oxygens (including phenoxy) is 3. The van der Waals surface area contributed by atoms with E-state index in [1.165, 1.54) is 23.5 Å². The molecule has 3 aromatic rings. The predicted molar refractivity (Wildman–Crippen MR) is 100 cm³/mol. The number of thiazole rings is 1. The molecule has 0 bridgehead atoms. The van der Waals surface area contributed by atoms with Gasteiger partial charge in [0, 0.05) is 6.07 Å². The summed E-state index contributed by atoms with van der Waals surface area (Å²) in [5.74, 6) is 0.507. The van der Waals surface area contributed by atoms with Crippen LogP contribution in [0, 0.1) is 5.82 Å². The fourth-order valence-electron chi connectivity index (χ4n) is 2.74. The average Bonchev–Trinajstić information content (AvgIpc) is 3.05. The minimum atomic E-state index is -0.422. The molecule has 140 valence electrons. The Bertz CT molecular complexity index is 971. The SMILES string of the molecule is COc1cccc(OCC(=O)OC2CN(c3nc4ccc(F)cc4s3)C2)c1. The maximum atomic E-state index is 13.3. The van der Waals surface area contributed by atoms with Crippen LogP contribution in [0.2, 0.25) is 0 Å². The van der Waals surface area contributed by atoms with Crippen LogP contribution in [0.15, 0.2) is 42.5 Å². The number of nitrogens with zero attached hydrogens (tertiary/aromatic N) is 2. The van der Waals surface area contributed by atoms with Crippen LogP contribution in [0.5, 0.6) is 11.5 Å². The van der Waals surface area contributed by atoms with Crippen molar-refractivity contribution in [2.24, 2.45) is 0 Å². The number of aromatic nitrogens is 1. The number of carbonyl (C=O) groups excluding carboxylic acids is 1. The molecule has 0 amide bonds. The number of benzene rings is 2. The first-order valence-electron chi connectivity index (χ1n) is 8.38. The smallest absolute Gasteiger partial charge is 0.344 e. The van der Waals surface area contributed by atoms with Crippen LogP contribution in [0.1, 0.15) is 0 Å². The van der Waals surface area contributed by atoms with Gasteiger partial charge in [-0.3, -0.25) is 0 Å². The van der Waals surface area contributed by atoms with E-state index in [1.54, 1.807) is 37.4 Å². The Balaban J connectivity index is 1.26. The molecule has 6 nitrogen and oxygen atoms in total. The normalized spacial score (nSPS) is 14.1. The molecule has 1 fully saturated rings. The zero-order valence-corrected chi connectivity index (χ0v) is 15.4. The maximum Gasteiger partial charge on any atom is 0.344 e. The van der Waals surface area contributed by atoms with Gasteiger partial charge in [0.15, 0.2) is 11.7 Å². The van der Waals surface area contributed by atoms with Crippen LogP contribution in [0.4, 0.5) is 9.52 Å². The van der Waals surface area contributed by atoms with Gasteiger partial charge in [-0.2, -0.15) is 0 Å².